The van der Waals surface area contributed by atoms with Crippen molar-refractivity contribution in [3.05, 3.63) is 0 Å². The van der Waals surface area contributed by atoms with Gasteiger partial charge >= 0.3 is 0 Å². The predicted molar refractivity (Wildman–Crippen MR) is 69.5 cm³/mol. The van der Waals surface area contributed by atoms with E-state index in [1.807, 2.05) is 13.8 Å². The summed E-state index contributed by atoms with van der Waals surface area (Å²) >= 11 is 0. The molecule has 17 heavy (non-hydrogen) atoms. The Labute approximate surface area is 105 Å². The van der Waals surface area contributed by atoms with Crippen molar-refractivity contribution in [2.45, 2.75) is 47.5 Å². The average Bonchev–Trinajstić information content (AvgIpc) is 2.20. The molecule has 0 fully saturated rings. The molecule has 0 rings (SSSR count). The highest BCUT2D eigenvalue weighted by molar-refractivity contribution is 5.78. The molecule has 0 heterocycles. The Morgan fingerprint density at radius 2 is 1.59 bits per heavy atom. The Bertz CT molecular complexity index is 255. The van der Waals surface area contributed by atoms with Crippen molar-refractivity contribution in [3.63, 3.8) is 0 Å². The molecule has 2 amide bonds. The molecular weight excluding hydrogens is 216 g/mol. The molecule has 0 aliphatic rings. The number of hydrogen-bond acceptors (Lipinski definition) is 2. The standard InChI is InChI=1S/C13H26N2O2/c1-10(2)12(17)15-9-8-14-11(16)6-7-13(3,4)5/h10H,6-9H2,1-5H3,(H,14,16)(H,15,17). The van der Waals surface area contributed by atoms with Crippen molar-refractivity contribution in [1.82, 2.24) is 10.6 Å². The molecule has 0 saturated heterocycles. The number of carbonyl (C=O) groups excluding carboxylic acids is 2. The minimum absolute atomic E-state index is 0.00779. The van der Waals surface area contributed by atoms with Crippen LogP contribution in [0.5, 0.6) is 0 Å². The summed E-state index contributed by atoms with van der Waals surface area (Å²) in [5, 5.41) is 5.55. The maximum Gasteiger partial charge on any atom is 0.222 e. The van der Waals surface area contributed by atoms with Gasteiger partial charge in [0.1, 0.15) is 0 Å². The van der Waals surface area contributed by atoms with Gasteiger partial charge in [-0.2, -0.15) is 0 Å². The minimum atomic E-state index is -0.00779. The molecule has 4 heteroatoms. The van der Waals surface area contributed by atoms with E-state index in [4.69, 9.17) is 0 Å². The van der Waals surface area contributed by atoms with Crippen LogP contribution in [0.15, 0.2) is 0 Å². The van der Waals surface area contributed by atoms with Crippen LogP contribution in [0, 0.1) is 11.3 Å². The Balaban J connectivity index is 3.56. The van der Waals surface area contributed by atoms with Gasteiger partial charge in [-0.1, -0.05) is 34.6 Å². The van der Waals surface area contributed by atoms with E-state index in [1.54, 1.807) is 0 Å². The van der Waals surface area contributed by atoms with E-state index in [9.17, 15) is 9.59 Å². The Morgan fingerprint density at radius 3 is 2.06 bits per heavy atom. The third-order valence-electron chi connectivity index (χ3n) is 2.37. The fourth-order valence-corrected chi connectivity index (χ4v) is 1.17. The van der Waals surface area contributed by atoms with Crippen molar-refractivity contribution in [2.24, 2.45) is 11.3 Å². The number of amides is 2. The van der Waals surface area contributed by atoms with Crippen LogP contribution in [0.25, 0.3) is 0 Å². The lowest BCUT2D eigenvalue weighted by atomic mass is 9.90. The van der Waals surface area contributed by atoms with E-state index in [0.29, 0.717) is 19.5 Å². The summed E-state index contributed by atoms with van der Waals surface area (Å²) in [6.07, 6.45) is 1.42. The van der Waals surface area contributed by atoms with Gasteiger partial charge in [0.05, 0.1) is 0 Å². The topological polar surface area (TPSA) is 58.2 Å². The molecule has 0 unspecified atom stereocenters. The number of carbonyl (C=O) groups is 2. The van der Waals surface area contributed by atoms with Crippen LogP contribution in [0.4, 0.5) is 0 Å². The van der Waals surface area contributed by atoms with Crippen LogP contribution in [-0.2, 0) is 9.59 Å². The van der Waals surface area contributed by atoms with E-state index in [0.717, 1.165) is 6.42 Å². The summed E-state index contributed by atoms with van der Waals surface area (Å²) < 4.78 is 0. The molecule has 0 spiro atoms. The van der Waals surface area contributed by atoms with E-state index in [-0.39, 0.29) is 23.1 Å². The first-order chi connectivity index (χ1) is 7.72. The van der Waals surface area contributed by atoms with Gasteiger partial charge in [0.15, 0.2) is 0 Å². The summed E-state index contributed by atoms with van der Waals surface area (Å²) in [6, 6.07) is 0. The number of rotatable bonds is 6. The largest absolute Gasteiger partial charge is 0.354 e. The molecule has 0 aromatic carbocycles. The highest BCUT2D eigenvalue weighted by Crippen LogP contribution is 2.19. The molecule has 100 valence electrons. The fraction of sp³-hybridized carbons (Fsp3) is 0.846. The molecule has 0 atom stereocenters. The van der Waals surface area contributed by atoms with Gasteiger partial charge in [0.25, 0.3) is 0 Å². The van der Waals surface area contributed by atoms with Crippen molar-refractivity contribution < 1.29 is 9.59 Å². The van der Waals surface area contributed by atoms with Gasteiger partial charge in [-0.3, -0.25) is 9.59 Å². The van der Waals surface area contributed by atoms with Crippen LogP contribution in [0.3, 0.4) is 0 Å². The van der Waals surface area contributed by atoms with Gasteiger partial charge in [0.2, 0.25) is 11.8 Å². The van der Waals surface area contributed by atoms with Gasteiger partial charge < -0.3 is 10.6 Å². The normalized spacial score (nSPS) is 11.4. The fourth-order valence-electron chi connectivity index (χ4n) is 1.17. The summed E-state index contributed by atoms with van der Waals surface area (Å²) in [5.74, 6) is 0.0688. The monoisotopic (exact) mass is 242 g/mol. The molecule has 0 radical (unpaired) electrons. The molecule has 0 aromatic heterocycles. The lowest BCUT2D eigenvalue weighted by molar-refractivity contribution is -0.124. The van der Waals surface area contributed by atoms with Crippen LogP contribution < -0.4 is 10.6 Å². The first kappa shape index (κ1) is 15.9. The molecule has 0 aromatic rings. The molecular formula is C13H26N2O2. The second kappa shape index (κ2) is 7.30. The van der Waals surface area contributed by atoms with Crippen LogP contribution in [0.1, 0.15) is 47.5 Å². The average molecular weight is 242 g/mol. The van der Waals surface area contributed by atoms with E-state index >= 15 is 0 Å². The highest BCUT2D eigenvalue weighted by Gasteiger charge is 2.12. The second-order valence-corrected chi connectivity index (χ2v) is 5.86. The van der Waals surface area contributed by atoms with E-state index in [1.165, 1.54) is 0 Å². The SMILES string of the molecule is CC(C)C(=O)NCCNC(=O)CCC(C)(C)C. The number of hydrogen-bond donors (Lipinski definition) is 2. The molecule has 0 aliphatic carbocycles. The summed E-state index contributed by atoms with van der Waals surface area (Å²) in [4.78, 5) is 22.7. The Morgan fingerprint density at radius 1 is 1.06 bits per heavy atom. The summed E-state index contributed by atoms with van der Waals surface area (Å²) in [7, 11) is 0. The molecule has 0 saturated carbocycles. The quantitative estimate of drug-likeness (QED) is 0.697. The Kier molecular flexibility index (Phi) is 6.85. The van der Waals surface area contributed by atoms with Crippen LogP contribution in [-0.4, -0.2) is 24.9 Å². The first-order valence-electron chi connectivity index (χ1n) is 6.27. The predicted octanol–water partition coefficient (Wildman–Crippen LogP) is 1.70. The van der Waals surface area contributed by atoms with Crippen LogP contribution >= 0.6 is 0 Å². The van der Waals surface area contributed by atoms with E-state index < -0.39 is 0 Å². The maximum absolute atomic E-state index is 11.4. The lowest BCUT2D eigenvalue weighted by Crippen LogP contribution is -2.36. The smallest absolute Gasteiger partial charge is 0.222 e. The van der Waals surface area contributed by atoms with Crippen molar-refractivity contribution in [3.8, 4) is 0 Å². The third kappa shape index (κ3) is 9.85. The van der Waals surface area contributed by atoms with Crippen LogP contribution in [0.2, 0.25) is 0 Å². The van der Waals surface area contributed by atoms with Gasteiger partial charge in [-0.05, 0) is 11.8 Å². The maximum atomic E-state index is 11.4. The zero-order chi connectivity index (χ0) is 13.5. The van der Waals surface area contributed by atoms with Gasteiger partial charge in [-0.25, -0.2) is 0 Å². The van der Waals surface area contributed by atoms with Crippen molar-refractivity contribution in [2.75, 3.05) is 13.1 Å². The van der Waals surface area contributed by atoms with Gasteiger partial charge in [0, 0.05) is 25.4 Å². The second-order valence-electron chi connectivity index (χ2n) is 5.86. The molecule has 2 N–H and O–H groups in total. The Hall–Kier alpha value is -1.06. The zero-order valence-electron chi connectivity index (χ0n) is 11.7. The molecule has 4 nitrogen and oxygen atoms in total. The van der Waals surface area contributed by atoms with Crippen molar-refractivity contribution >= 4 is 11.8 Å². The highest BCUT2D eigenvalue weighted by atomic mass is 16.2. The van der Waals surface area contributed by atoms with Gasteiger partial charge in [-0.15, -0.1) is 0 Å². The number of nitrogens with one attached hydrogen (secondary N) is 2. The summed E-state index contributed by atoms with van der Waals surface area (Å²) in [5.41, 5.74) is 0.184. The minimum Gasteiger partial charge on any atom is -0.354 e. The first-order valence-corrected chi connectivity index (χ1v) is 6.27. The summed E-state index contributed by atoms with van der Waals surface area (Å²) in [6.45, 7) is 11.0. The molecule has 0 bridgehead atoms. The van der Waals surface area contributed by atoms with Crippen molar-refractivity contribution in [1.29, 1.82) is 0 Å². The van der Waals surface area contributed by atoms with E-state index in [2.05, 4.69) is 31.4 Å². The third-order valence-corrected chi connectivity index (χ3v) is 2.37. The molecule has 0 aliphatic heterocycles. The zero-order valence-corrected chi connectivity index (χ0v) is 11.7. The lowest BCUT2D eigenvalue weighted by Gasteiger charge is -2.17.